The Bertz CT molecular complexity index is 1210. The molecular weight excluding hydrogens is 420 g/mol. The molecule has 28 heavy (non-hydrogen) atoms. The van der Waals surface area contributed by atoms with Gasteiger partial charge in [-0.1, -0.05) is 11.6 Å². The summed E-state index contributed by atoms with van der Waals surface area (Å²) < 4.78 is 25.1. The van der Waals surface area contributed by atoms with Gasteiger partial charge in [0.2, 0.25) is 0 Å². The van der Waals surface area contributed by atoms with Crippen LogP contribution in [0, 0.1) is 13.8 Å². The molecule has 0 aromatic carbocycles. The molecule has 0 bridgehead atoms. The van der Waals surface area contributed by atoms with Crippen LogP contribution in [0.15, 0.2) is 12.4 Å². The van der Waals surface area contributed by atoms with E-state index in [2.05, 4.69) is 15.4 Å². The van der Waals surface area contributed by atoms with Crippen LogP contribution in [0.1, 0.15) is 27.3 Å². The van der Waals surface area contributed by atoms with E-state index in [-0.39, 0.29) is 23.5 Å². The Kier molecular flexibility index (Phi) is 4.71. The number of thiophene rings is 1. The molecule has 0 radical (unpaired) electrons. The highest BCUT2D eigenvalue weighted by atomic mass is 35.5. The standard InChI is InChI=1S/C18H19ClN4O3S2/c1-9-13-14(11-6-20-23(3)7-11)16(27-18(13)21-10(2)15(9)19)17(24)22-12-4-5-28(25,26)8-12/h6-7,12H,4-5,8H2,1-3H3,(H,22,24). The Labute approximate surface area is 171 Å². The maximum atomic E-state index is 13.1. The van der Waals surface area contributed by atoms with E-state index in [0.717, 1.165) is 26.9 Å². The summed E-state index contributed by atoms with van der Waals surface area (Å²) in [6, 6.07) is -0.371. The zero-order valence-electron chi connectivity index (χ0n) is 15.6. The predicted molar refractivity (Wildman–Crippen MR) is 111 cm³/mol. The first-order valence-corrected chi connectivity index (χ1v) is 11.8. The largest absolute Gasteiger partial charge is 0.348 e. The number of nitrogens with one attached hydrogen (secondary N) is 1. The first kappa shape index (κ1) is 19.4. The summed E-state index contributed by atoms with van der Waals surface area (Å²) in [7, 11) is -1.27. The fourth-order valence-electron chi connectivity index (χ4n) is 3.57. The van der Waals surface area contributed by atoms with E-state index < -0.39 is 9.84 Å². The minimum absolute atomic E-state index is 0.0198. The number of carbonyl (C=O) groups excluding carboxylic acids is 1. The lowest BCUT2D eigenvalue weighted by Crippen LogP contribution is -2.35. The zero-order valence-corrected chi connectivity index (χ0v) is 18.0. The number of carbonyl (C=O) groups is 1. The number of rotatable bonds is 3. The van der Waals surface area contributed by atoms with E-state index in [1.54, 1.807) is 10.9 Å². The van der Waals surface area contributed by atoms with Gasteiger partial charge in [0.25, 0.3) is 5.91 Å². The molecule has 4 heterocycles. The molecule has 7 nitrogen and oxygen atoms in total. The molecule has 0 aliphatic carbocycles. The summed E-state index contributed by atoms with van der Waals surface area (Å²) in [6.45, 7) is 3.75. The first-order chi connectivity index (χ1) is 13.2. The minimum atomic E-state index is -3.08. The minimum Gasteiger partial charge on any atom is -0.348 e. The molecule has 1 saturated heterocycles. The topological polar surface area (TPSA) is 93.9 Å². The van der Waals surface area contributed by atoms with Gasteiger partial charge >= 0.3 is 0 Å². The second-order valence-corrected chi connectivity index (χ2v) is 10.7. The Morgan fingerprint density at radius 2 is 2.14 bits per heavy atom. The van der Waals surface area contributed by atoms with Gasteiger partial charge in [-0.3, -0.25) is 9.48 Å². The van der Waals surface area contributed by atoms with Crippen molar-refractivity contribution >= 4 is 48.9 Å². The summed E-state index contributed by atoms with van der Waals surface area (Å²) in [5.74, 6) is -0.208. The van der Waals surface area contributed by atoms with Crippen molar-refractivity contribution in [3.05, 3.63) is 33.6 Å². The Hall–Kier alpha value is -1.97. The van der Waals surface area contributed by atoms with Gasteiger partial charge < -0.3 is 5.32 Å². The van der Waals surface area contributed by atoms with Crippen LogP contribution in [0.5, 0.6) is 0 Å². The molecule has 0 spiro atoms. The van der Waals surface area contributed by atoms with E-state index >= 15 is 0 Å². The summed E-state index contributed by atoms with van der Waals surface area (Å²) >= 11 is 7.72. The molecule has 1 N–H and O–H groups in total. The molecule has 1 fully saturated rings. The number of halogens is 1. The zero-order chi connectivity index (χ0) is 20.2. The van der Waals surface area contributed by atoms with E-state index in [9.17, 15) is 13.2 Å². The molecule has 3 aromatic heterocycles. The normalized spacial score (nSPS) is 18.6. The lowest BCUT2D eigenvalue weighted by Gasteiger charge is -2.11. The number of hydrogen-bond donors (Lipinski definition) is 1. The number of sulfone groups is 1. The fourth-order valence-corrected chi connectivity index (χ4v) is 6.59. The lowest BCUT2D eigenvalue weighted by atomic mass is 10.0. The Balaban J connectivity index is 1.85. The molecule has 0 saturated carbocycles. The van der Waals surface area contributed by atoms with E-state index in [4.69, 9.17) is 11.6 Å². The van der Waals surface area contributed by atoms with Crippen LogP contribution in [0.2, 0.25) is 5.02 Å². The fraction of sp³-hybridized carbons (Fsp3) is 0.389. The number of aryl methyl sites for hydroxylation is 3. The van der Waals surface area contributed by atoms with Crippen LogP contribution in [0.4, 0.5) is 0 Å². The molecule has 1 aliphatic heterocycles. The average Bonchev–Trinajstić information content (AvgIpc) is 3.29. The molecule has 1 atom stereocenters. The molecule has 10 heteroatoms. The molecule has 148 valence electrons. The SMILES string of the molecule is Cc1nc2sc(C(=O)NC3CCS(=O)(=O)C3)c(-c3cnn(C)c3)c2c(C)c1Cl. The van der Waals surface area contributed by atoms with E-state index in [1.165, 1.54) is 11.3 Å². The van der Waals surface area contributed by atoms with Crippen LogP contribution in [0.25, 0.3) is 21.3 Å². The van der Waals surface area contributed by atoms with Gasteiger partial charge in [-0.15, -0.1) is 11.3 Å². The average molecular weight is 439 g/mol. The summed E-state index contributed by atoms with van der Waals surface area (Å²) in [4.78, 5) is 18.9. The summed E-state index contributed by atoms with van der Waals surface area (Å²) in [5, 5.41) is 8.52. The van der Waals surface area contributed by atoms with Gasteiger partial charge in [0.1, 0.15) is 9.71 Å². The number of fused-ring (bicyclic) bond motifs is 1. The van der Waals surface area contributed by atoms with Crippen molar-refractivity contribution in [3.63, 3.8) is 0 Å². The number of hydrogen-bond acceptors (Lipinski definition) is 6. The summed E-state index contributed by atoms with van der Waals surface area (Å²) in [6.07, 6.45) is 3.97. The second-order valence-electron chi connectivity index (χ2n) is 7.10. The number of aromatic nitrogens is 3. The Morgan fingerprint density at radius 3 is 2.75 bits per heavy atom. The van der Waals surface area contributed by atoms with Gasteiger partial charge in [-0.2, -0.15) is 5.10 Å². The van der Waals surface area contributed by atoms with Crippen LogP contribution < -0.4 is 5.32 Å². The monoisotopic (exact) mass is 438 g/mol. The maximum absolute atomic E-state index is 13.1. The third-order valence-corrected chi connectivity index (χ3v) is 8.36. The van der Waals surface area contributed by atoms with Crippen molar-refractivity contribution in [2.45, 2.75) is 26.3 Å². The second kappa shape index (κ2) is 6.82. The van der Waals surface area contributed by atoms with Crippen molar-refractivity contribution in [2.75, 3.05) is 11.5 Å². The molecule has 3 aromatic rings. The van der Waals surface area contributed by atoms with Crippen LogP contribution in [-0.2, 0) is 16.9 Å². The van der Waals surface area contributed by atoms with Crippen LogP contribution in [-0.4, -0.2) is 46.6 Å². The third kappa shape index (κ3) is 3.31. The van der Waals surface area contributed by atoms with Crippen molar-refractivity contribution in [2.24, 2.45) is 7.05 Å². The van der Waals surface area contributed by atoms with Crippen molar-refractivity contribution in [1.82, 2.24) is 20.1 Å². The molecular formula is C18H19ClN4O3S2. The summed E-state index contributed by atoms with van der Waals surface area (Å²) in [5.41, 5.74) is 3.10. The molecule has 1 unspecified atom stereocenters. The van der Waals surface area contributed by atoms with E-state index in [0.29, 0.717) is 22.0 Å². The lowest BCUT2D eigenvalue weighted by molar-refractivity contribution is 0.0946. The van der Waals surface area contributed by atoms with Gasteiger partial charge in [-0.05, 0) is 25.8 Å². The predicted octanol–water partition coefficient (Wildman–Crippen LogP) is 2.88. The maximum Gasteiger partial charge on any atom is 0.262 e. The quantitative estimate of drug-likeness (QED) is 0.678. The highest BCUT2D eigenvalue weighted by Crippen LogP contribution is 2.42. The van der Waals surface area contributed by atoms with Crippen LogP contribution in [0.3, 0.4) is 0 Å². The van der Waals surface area contributed by atoms with Gasteiger partial charge in [-0.25, -0.2) is 13.4 Å². The third-order valence-electron chi connectivity index (χ3n) is 4.95. The van der Waals surface area contributed by atoms with Gasteiger partial charge in [0, 0.05) is 35.8 Å². The van der Waals surface area contributed by atoms with Crippen LogP contribution >= 0.6 is 22.9 Å². The number of amides is 1. The smallest absolute Gasteiger partial charge is 0.262 e. The number of pyridine rings is 1. The molecule has 1 amide bonds. The van der Waals surface area contributed by atoms with E-state index in [1.807, 2.05) is 27.1 Å². The van der Waals surface area contributed by atoms with Crippen molar-refractivity contribution < 1.29 is 13.2 Å². The van der Waals surface area contributed by atoms with Gasteiger partial charge in [0.05, 0.1) is 28.4 Å². The van der Waals surface area contributed by atoms with Crippen molar-refractivity contribution in [1.29, 1.82) is 0 Å². The number of nitrogens with zero attached hydrogens (tertiary/aromatic N) is 3. The van der Waals surface area contributed by atoms with Gasteiger partial charge in [0.15, 0.2) is 9.84 Å². The Morgan fingerprint density at radius 1 is 1.39 bits per heavy atom. The van der Waals surface area contributed by atoms with Crippen molar-refractivity contribution in [3.8, 4) is 11.1 Å². The highest BCUT2D eigenvalue weighted by molar-refractivity contribution is 7.91. The first-order valence-electron chi connectivity index (χ1n) is 8.76. The molecule has 4 rings (SSSR count). The highest BCUT2D eigenvalue weighted by Gasteiger charge is 2.31. The molecule has 1 aliphatic rings.